The smallest absolute Gasteiger partial charge is 0.237 e. The summed E-state index contributed by atoms with van der Waals surface area (Å²) in [4.78, 5) is 11.0. The van der Waals surface area contributed by atoms with Crippen molar-refractivity contribution in [2.75, 3.05) is 13.2 Å². The second-order valence-electron chi connectivity index (χ2n) is 3.00. The van der Waals surface area contributed by atoms with E-state index in [2.05, 4.69) is 5.32 Å². The third kappa shape index (κ3) is 2.99. The number of carbonyl (C=O) groups is 1. The number of amides is 1. The maximum absolute atomic E-state index is 11.0. The van der Waals surface area contributed by atoms with Gasteiger partial charge in [-0.2, -0.15) is 0 Å². The molecule has 12 heavy (non-hydrogen) atoms. The molecule has 0 aromatic rings. The summed E-state index contributed by atoms with van der Waals surface area (Å²) in [6.45, 7) is 3.07. The Morgan fingerprint density at radius 1 is 1.83 bits per heavy atom. The molecule has 0 radical (unpaired) electrons. The molecule has 1 aliphatic rings. The van der Waals surface area contributed by atoms with Crippen molar-refractivity contribution in [1.82, 2.24) is 5.32 Å². The number of nitrogens with one attached hydrogen (secondary N) is 1. The van der Waals surface area contributed by atoms with Gasteiger partial charge in [-0.3, -0.25) is 4.79 Å². The van der Waals surface area contributed by atoms with Gasteiger partial charge in [0.15, 0.2) is 0 Å². The first-order valence-electron chi connectivity index (χ1n) is 4.23. The predicted octanol–water partition coefficient (Wildman–Crippen LogP) is 0.909. The fourth-order valence-corrected chi connectivity index (χ4v) is 1.24. The molecule has 0 spiro atoms. The normalized spacial score (nSPS) is 25.3. The number of hydrogen-bond acceptors (Lipinski definition) is 2. The fraction of sp³-hybridized carbons (Fsp3) is 0.875. The molecule has 1 amide bonds. The van der Waals surface area contributed by atoms with Crippen LogP contribution in [0.1, 0.15) is 19.8 Å². The number of halogens is 1. The zero-order valence-electron chi connectivity index (χ0n) is 7.18. The molecule has 0 bridgehead atoms. The Balaban J connectivity index is 2.12. The van der Waals surface area contributed by atoms with Gasteiger partial charge >= 0.3 is 0 Å². The van der Waals surface area contributed by atoms with Crippen LogP contribution in [0.2, 0.25) is 0 Å². The molecule has 1 heterocycles. The number of alkyl halides is 1. The lowest BCUT2D eigenvalue weighted by atomic mass is 10.2. The van der Waals surface area contributed by atoms with Gasteiger partial charge in [-0.05, 0) is 19.8 Å². The summed E-state index contributed by atoms with van der Waals surface area (Å²) in [7, 11) is 0. The van der Waals surface area contributed by atoms with Crippen molar-refractivity contribution >= 4 is 17.5 Å². The van der Waals surface area contributed by atoms with Gasteiger partial charge in [0, 0.05) is 13.2 Å². The Kier molecular flexibility index (Phi) is 3.82. The second kappa shape index (κ2) is 4.67. The van der Waals surface area contributed by atoms with Gasteiger partial charge < -0.3 is 10.1 Å². The minimum absolute atomic E-state index is 0.118. The second-order valence-corrected chi connectivity index (χ2v) is 3.65. The lowest BCUT2D eigenvalue weighted by Crippen LogP contribution is -2.35. The molecule has 1 rings (SSSR count). The molecule has 3 nitrogen and oxygen atoms in total. The quantitative estimate of drug-likeness (QED) is 0.674. The van der Waals surface area contributed by atoms with Crippen molar-refractivity contribution in [3.05, 3.63) is 0 Å². The molecule has 2 atom stereocenters. The van der Waals surface area contributed by atoms with E-state index < -0.39 is 5.38 Å². The van der Waals surface area contributed by atoms with Crippen LogP contribution < -0.4 is 5.32 Å². The van der Waals surface area contributed by atoms with Gasteiger partial charge in [0.05, 0.1) is 6.10 Å². The van der Waals surface area contributed by atoms with E-state index in [0.717, 1.165) is 19.4 Å². The lowest BCUT2D eigenvalue weighted by Gasteiger charge is -2.11. The molecule has 1 saturated heterocycles. The van der Waals surface area contributed by atoms with Gasteiger partial charge in [0.2, 0.25) is 5.91 Å². The highest BCUT2D eigenvalue weighted by Crippen LogP contribution is 2.10. The largest absolute Gasteiger partial charge is 0.376 e. The van der Waals surface area contributed by atoms with Crippen molar-refractivity contribution in [3.63, 3.8) is 0 Å². The van der Waals surface area contributed by atoms with Gasteiger partial charge in [-0.15, -0.1) is 11.6 Å². The molecule has 4 heteroatoms. The molecule has 1 fully saturated rings. The van der Waals surface area contributed by atoms with Crippen LogP contribution in [0.4, 0.5) is 0 Å². The number of rotatable bonds is 3. The minimum atomic E-state index is -0.452. The van der Waals surface area contributed by atoms with E-state index >= 15 is 0 Å². The zero-order valence-corrected chi connectivity index (χ0v) is 7.93. The summed E-state index contributed by atoms with van der Waals surface area (Å²) < 4.78 is 5.33. The van der Waals surface area contributed by atoms with Crippen LogP contribution in [0.5, 0.6) is 0 Å². The minimum Gasteiger partial charge on any atom is -0.376 e. The van der Waals surface area contributed by atoms with Gasteiger partial charge in [-0.1, -0.05) is 0 Å². The van der Waals surface area contributed by atoms with E-state index in [9.17, 15) is 4.79 Å². The summed E-state index contributed by atoms with van der Waals surface area (Å²) in [5.41, 5.74) is 0. The van der Waals surface area contributed by atoms with E-state index in [-0.39, 0.29) is 12.0 Å². The summed E-state index contributed by atoms with van der Waals surface area (Å²) in [5, 5.41) is 2.28. The molecular weight excluding hydrogens is 178 g/mol. The van der Waals surface area contributed by atoms with Crippen molar-refractivity contribution in [2.24, 2.45) is 0 Å². The highest BCUT2D eigenvalue weighted by atomic mass is 35.5. The van der Waals surface area contributed by atoms with E-state index in [0.29, 0.717) is 6.54 Å². The Morgan fingerprint density at radius 3 is 3.08 bits per heavy atom. The highest BCUT2D eigenvalue weighted by Gasteiger charge is 2.17. The van der Waals surface area contributed by atoms with E-state index in [1.165, 1.54) is 0 Å². The zero-order chi connectivity index (χ0) is 8.97. The maximum atomic E-state index is 11.0. The van der Waals surface area contributed by atoms with E-state index in [1.54, 1.807) is 6.92 Å². The molecule has 0 aromatic carbocycles. The van der Waals surface area contributed by atoms with Crippen LogP contribution in [-0.4, -0.2) is 30.5 Å². The van der Waals surface area contributed by atoms with Crippen LogP contribution in [0.15, 0.2) is 0 Å². The summed E-state index contributed by atoms with van der Waals surface area (Å²) in [6.07, 6.45) is 2.33. The van der Waals surface area contributed by atoms with E-state index in [1.807, 2.05) is 0 Å². The van der Waals surface area contributed by atoms with E-state index in [4.69, 9.17) is 16.3 Å². The van der Waals surface area contributed by atoms with Crippen molar-refractivity contribution in [1.29, 1.82) is 0 Å². The van der Waals surface area contributed by atoms with Crippen molar-refractivity contribution in [3.8, 4) is 0 Å². The van der Waals surface area contributed by atoms with Crippen LogP contribution in [0.3, 0.4) is 0 Å². The molecule has 0 saturated carbocycles. The maximum Gasteiger partial charge on any atom is 0.237 e. The molecular formula is C8H14ClNO2. The van der Waals surface area contributed by atoms with Crippen LogP contribution in [0, 0.1) is 0 Å². The SMILES string of the molecule is C[C@@H](Cl)C(=O)NC[C@H]1CCCO1. The standard InChI is InChI=1S/C8H14ClNO2/c1-6(9)8(11)10-5-7-3-2-4-12-7/h6-7H,2-5H2,1H3,(H,10,11)/t6-,7-/m1/s1. The summed E-state index contributed by atoms with van der Waals surface area (Å²) in [5.74, 6) is -0.118. The van der Waals surface area contributed by atoms with Crippen molar-refractivity contribution < 1.29 is 9.53 Å². The Morgan fingerprint density at radius 2 is 2.58 bits per heavy atom. The first-order valence-corrected chi connectivity index (χ1v) is 4.67. The number of hydrogen-bond donors (Lipinski definition) is 1. The highest BCUT2D eigenvalue weighted by molar-refractivity contribution is 6.30. The number of carbonyl (C=O) groups excluding carboxylic acids is 1. The monoisotopic (exact) mass is 191 g/mol. The third-order valence-corrected chi connectivity index (χ3v) is 2.09. The molecule has 1 N–H and O–H groups in total. The Hall–Kier alpha value is -0.280. The average molecular weight is 192 g/mol. The lowest BCUT2D eigenvalue weighted by molar-refractivity contribution is -0.120. The molecule has 1 aliphatic heterocycles. The molecule has 70 valence electrons. The van der Waals surface area contributed by atoms with Gasteiger partial charge in [0.1, 0.15) is 5.38 Å². The molecule has 0 aromatic heterocycles. The number of ether oxygens (including phenoxy) is 1. The molecule has 0 aliphatic carbocycles. The first-order chi connectivity index (χ1) is 5.70. The Labute approximate surface area is 77.4 Å². The van der Waals surface area contributed by atoms with Crippen LogP contribution in [0.25, 0.3) is 0 Å². The first kappa shape index (κ1) is 9.81. The topological polar surface area (TPSA) is 38.3 Å². The fourth-order valence-electron chi connectivity index (χ4n) is 1.16. The Bertz CT molecular complexity index is 155. The average Bonchev–Trinajstić information content (AvgIpc) is 2.51. The summed E-state index contributed by atoms with van der Waals surface area (Å²) >= 11 is 5.56. The third-order valence-electron chi connectivity index (χ3n) is 1.89. The van der Waals surface area contributed by atoms with Crippen LogP contribution in [-0.2, 0) is 9.53 Å². The summed E-state index contributed by atoms with van der Waals surface area (Å²) in [6, 6.07) is 0. The van der Waals surface area contributed by atoms with Gasteiger partial charge in [0.25, 0.3) is 0 Å². The molecule has 0 unspecified atom stereocenters. The van der Waals surface area contributed by atoms with Gasteiger partial charge in [-0.25, -0.2) is 0 Å². The predicted molar refractivity (Wildman–Crippen MR) is 47.3 cm³/mol. The van der Waals surface area contributed by atoms with Crippen molar-refractivity contribution in [2.45, 2.75) is 31.2 Å². The van der Waals surface area contributed by atoms with Crippen LogP contribution >= 0.6 is 11.6 Å².